The molecule has 1 N–H and O–H groups in total. The molecule has 5 heteroatoms. The molecule has 0 bridgehead atoms. The maximum absolute atomic E-state index is 12.6. The van der Waals surface area contributed by atoms with Crippen LogP contribution in [0.4, 0.5) is 4.39 Å². The highest BCUT2D eigenvalue weighted by atomic mass is 32.2. The van der Waals surface area contributed by atoms with Crippen LogP contribution in [0.5, 0.6) is 5.75 Å². The number of nitrogens with one attached hydrogen (secondary N) is 1. The molecule has 0 unspecified atom stereocenters. The largest absolute Gasteiger partial charge is 0.494 e. The Bertz CT molecular complexity index is 357. The number of thioether (sulfide) groups is 1. The van der Waals surface area contributed by atoms with E-state index in [2.05, 4.69) is 5.32 Å². The summed E-state index contributed by atoms with van der Waals surface area (Å²) >= 11 is 1.51. The first-order valence-corrected chi connectivity index (χ1v) is 7.26. The number of carbonyl (C=O) groups is 1. The van der Waals surface area contributed by atoms with Crippen LogP contribution in [0.1, 0.15) is 12.8 Å². The van der Waals surface area contributed by atoms with Crippen molar-refractivity contribution >= 4 is 17.7 Å². The number of carbonyl (C=O) groups excluding carboxylic acids is 1. The Kier molecular flexibility index (Phi) is 7.25. The summed E-state index contributed by atoms with van der Waals surface area (Å²) in [6.07, 6.45) is 3.63. The molecule has 18 heavy (non-hydrogen) atoms. The van der Waals surface area contributed by atoms with Crippen molar-refractivity contribution in [2.24, 2.45) is 0 Å². The SMILES string of the molecule is CSCC(=O)NCCCCOc1ccc(F)cc1. The molecule has 1 amide bonds. The molecule has 0 aliphatic heterocycles. The Morgan fingerprint density at radius 2 is 2.06 bits per heavy atom. The number of ether oxygens (including phenoxy) is 1. The normalized spacial score (nSPS) is 10.1. The van der Waals surface area contributed by atoms with E-state index in [9.17, 15) is 9.18 Å². The molecule has 0 aliphatic rings. The van der Waals surface area contributed by atoms with Crippen LogP contribution >= 0.6 is 11.8 Å². The highest BCUT2D eigenvalue weighted by Crippen LogP contribution is 2.11. The maximum Gasteiger partial charge on any atom is 0.229 e. The van der Waals surface area contributed by atoms with Crippen molar-refractivity contribution in [3.05, 3.63) is 30.1 Å². The van der Waals surface area contributed by atoms with E-state index in [-0.39, 0.29) is 11.7 Å². The Balaban J connectivity index is 2.02. The van der Waals surface area contributed by atoms with Gasteiger partial charge in [-0.15, -0.1) is 0 Å². The van der Waals surface area contributed by atoms with Gasteiger partial charge < -0.3 is 10.1 Å². The fraction of sp³-hybridized carbons (Fsp3) is 0.462. The highest BCUT2D eigenvalue weighted by molar-refractivity contribution is 7.99. The van der Waals surface area contributed by atoms with Gasteiger partial charge in [0.1, 0.15) is 11.6 Å². The third-order valence-corrected chi connectivity index (χ3v) is 2.80. The van der Waals surface area contributed by atoms with Crippen molar-refractivity contribution in [2.75, 3.05) is 25.2 Å². The van der Waals surface area contributed by atoms with Gasteiger partial charge in [-0.2, -0.15) is 11.8 Å². The van der Waals surface area contributed by atoms with Crippen LogP contribution in [-0.4, -0.2) is 31.1 Å². The lowest BCUT2D eigenvalue weighted by Crippen LogP contribution is -2.26. The van der Waals surface area contributed by atoms with Crippen LogP contribution in [0.25, 0.3) is 0 Å². The summed E-state index contributed by atoms with van der Waals surface area (Å²) in [4.78, 5) is 11.1. The quantitative estimate of drug-likeness (QED) is 0.738. The summed E-state index contributed by atoms with van der Waals surface area (Å²) < 4.78 is 18.0. The summed E-state index contributed by atoms with van der Waals surface area (Å²) in [5.74, 6) is 0.982. The Hall–Kier alpha value is -1.23. The Morgan fingerprint density at radius 1 is 1.33 bits per heavy atom. The van der Waals surface area contributed by atoms with E-state index in [0.717, 1.165) is 12.8 Å². The second-order valence-corrected chi connectivity index (χ2v) is 4.66. The topological polar surface area (TPSA) is 38.3 Å². The van der Waals surface area contributed by atoms with E-state index in [1.165, 1.54) is 23.9 Å². The molecule has 0 saturated carbocycles. The van der Waals surface area contributed by atoms with Gasteiger partial charge in [-0.3, -0.25) is 4.79 Å². The predicted molar refractivity (Wildman–Crippen MR) is 72.5 cm³/mol. The number of unbranched alkanes of at least 4 members (excludes halogenated alkanes) is 1. The van der Waals surface area contributed by atoms with Gasteiger partial charge in [-0.05, 0) is 43.4 Å². The molecule has 0 aliphatic carbocycles. The fourth-order valence-corrected chi connectivity index (χ4v) is 1.72. The minimum Gasteiger partial charge on any atom is -0.494 e. The van der Waals surface area contributed by atoms with Crippen LogP contribution in [-0.2, 0) is 4.79 Å². The molecule has 0 radical (unpaired) electrons. The first-order chi connectivity index (χ1) is 8.72. The first-order valence-electron chi connectivity index (χ1n) is 5.86. The zero-order valence-corrected chi connectivity index (χ0v) is 11.3. The Morgan fingerprint density at radius 3 is 2.72 bits per heavy atom. The first kappa shape index (κ1) is 14.8. The molecule has 3 nitrogen and oxygen atoms in total. The highest BCUT2D eigenvalue weighted by Gasteiger charge is 1.98. The zero-order valence-electron chi connectivity index (χ0n) is 10.4. The minimum absolute atomic E-state index is 0.0713. The van der Waals surface area contributed by atoms with Crippen LogP contribution in [0.15, 0.2) is 24.3 Å². The van der Waals surface area contributed by atoms with Crippen molar-refractivity contribution in [1.82, 2.24) is 5.32 Å². The second-order valence-electron chi connectivity index (χ2n) is 3.79. The smallest absolute Gasteiger partial charge is 0.229 e. The van der Waals surface area contributed by atoms with E-state index in [1.54, 1.807) is 12.1 Å². The number of rotatable bonds is 8. The van der Waals surface area contributed by atoms with Gasteiger partial charge in [0, 0.05) is 6.54 Å². The maximum atomic E-state index is 12.6. The van der Waals surface area contributed by atoms with E-state index in [1.807, 2.05) is 6.26 Å². The van der Waals surface area contributed by atoms with Crippen molar-refractivity contribution in [3.63, 3.8) is 0 Å². The molecular formula is C13H18FNO2S. The molecule has 0 aromatic heterocycles. The summed E-state index contributed by atoms with van der Waals surface area (Å²) in [7, 11) is 0. The van der Waals surface area contributed by atoms with Crippen molar-refractivity contribution < 1.29 is 13.9 Å². The third-order valence-electron chi connectivity index (χ3n) is 2.25. The van der Waals surface area contributed by atoms with Gasteiger partial charge in [0.05, 0.1) is 12.4 Å². The molecule has 0 saturated heterocycles. The molecule has 0 fully saturated rings. The van der Waals surface area contributed by atoms with Crippen LogP contribution in [0.3, 0.4) is 0 Å². The molecule has 0 spiro atoms. The van der Waals surface area contributed by atoms with Gasteiger partial charge >= 0.3 is 0 Å². The Labute approximate surface area is 111 Å². The minimum atomic E-state index is -0.265. The summed E-state index contributed by atoms with van der Waals surface area (Å²) in [6.45, 7) is 1.25. The summed E-state index contributed by atoms with van der Waals surface area (Å²) in [5.41, 5.74) is 0. The molecule has 100 valence electrons. The van der Waals surface area contributed by atoms with E-state index in [4.69, 9.17) is 4.74 Å². The van der Waals surface area contributed by atoms with Gasteiger partial charge in [0.15, 0.2) is 0 Å². The van der Waals surface area contributed by atoms with E-state index in [0.29, 0.717) is 24.7 Å². The van der Waals surface area contributed by atoms with Crippen molar-refractivity contribution in [3.8, 4) is 5.75 Å². The number of amides is 1. The number of benzene rings is 1. The van der Waals surface area contributed by atoms with E-state index < -0.39 is 0 Å². The molecule has 0 atom stereocenters. The van der Waals surface area contributed by atoms with Crippen LogP contribution < -0.4 is 10.1 Å². The van der Waals surface area contributed by atoms with Gasteiger partial charge in [0.2, 0.25) is 5.91 Å². The third kappa shape index (κ3) is 6.49. The molecule has 1 aromatic carbocycles. The fourth-order valence-electron chi connectivity index (χ4n) is 1.36. The standard InChI is InChI=1S/C13H18FNO2S/c1-18-10-13(16)15-8-2-3-9-17-12-6-4-11(14)5-7-12/h4-7H,2-3,8-10H2,1H3,(H,15,16). The number of hydrogen-bond acceptors (Lipinski definition) is 3. The molecular weight excluding hydrogens is 253 g/mol. The average Bonchev–Trinajstić information content (AvgIpc) is 2.36. The molecule has 0 heterocycles. The number of halogens is 1. The van der Waals surface area contributed by atoms with E-state index >= 15 is 0 Å². The lowest BCUT2D eigenvalue weighted by molar-refractivity contribution is -0.118. The summed E-state index contributed by atoms with van der Waals surface area (Å²) in [5, 5.41) is 2.82. The van der Waals surface area contributed by atoms with Gasteiger partial charge in [-0.1, -0.05) is 0 Å². The van der Waals surface area contributed by atoms with Crippen molar-refractivity contribution in [2.45, 2.75) is 12.8 Å². The average molecular weight is 271 g/mol. The van der Waals surface area contributed by atoms with Crippen LogP contribution in [0, 0.1) is 5.82 Å². The monoisotopic (exact) mass is 271 g/mol. The van der Waals surface area contributed by atoms with Crippen molar-refractivity contribution in [1.29, 1.82) is 0 Å². The molecule has 1 aromatic rings. The predicted octanol–water partition coefficient (Wildman–Crippen LogP) is 2.46. The molecule has 1 rings (SSSR count). The summed E-state index contributed by atoms with van der Waals surface area (Å²) in [6, 6.07) is 5.96. The zero-order chi connectivity index (χ0) is 13.2. The van der Waals surface area contributed by atoms with Gasteiger partial charge in [0.25, 0.3) is 0 Å². The second kappa shape index (κ2) is 8.80. The lowest BCUT2D eigenvalue weighted by Gasteiger charge is -2.06. The van der Waals surface area contributed by atoms with Crippen LogP contribution in [0.2, 0.25) is 0 Å². The lowest BCUT2D eigenvalue weighted by atomic mass is 10.3. The number of hydrogen-bond donors (Lipinski definition) is 1. The van der Waals surface area contributed by atoms with Gasteiger partial charge in [-0.25, -0.2) is 4.39 Å².